The first kappa shape index (κ1) is 17.5. The van der Waals surface area contributed by atoms with Gasteiger partial charge in [0, 0.05) is 12.8 Å². The molecule has 0 unspecified atom stereocenters. The van der Waals surface area contributed by atoms with Crippen LogP contribution in [0.25, 0.3) is 0 Å². The van der Waals surface area contributed by atoms with Crippen molar-refractivity contribution in [3.63, 3.8) is 0 Å². The van der Waals surface area contributed by atoms with Crippen LogP contribution in [0.2, 0.25) is 0 Å². The van der Waals surface area contributed by atoms with Gasteiger partial charge in [-0.25, -0.2) is 0 Å². The van der Waals surface area contributed by atoms with Crippen LogP contribution < -0.4 is 0 Å². The summed E-state index contributed by atoms with van der Waals surface area (Å²) in [4.78, 5) is 18.3. The number of rotatable bonds is 3. The molecule has 0 radical (unpaired) electrons. The van der Waals surface area contributed by atoms with E-state index in [0.717, 1.165) is 31.3 Å². The first-order valence-corrected chi connectivity index (χ1v) is 8.66. The van der Waals surface area contributed by atoms with E-state index in [9.17, 15) is 4.79 Å². The van der Waals surface area contributed by atoms with Crippen LogP contribution in [0.5, 0.6) is 0 Å². The zero-order valence-corrected chi connectivity index (χ0v) is 15.2. The summed E-state index contributed by atoms with van der Waals surface area (Å²) in [5.41, 5.74) is 2.32. The average molecular weight is 326 g/mol. The Morgan fingerprint density at radius 3 is 2.55 bits per heavy atom. The normalized spacial score (nSPS) is 36.1. The van der Waals surface area contributed by atoms with Crippen molar-refractivity contribution in [1.29, 1.82) is 0 Å². The van der Waals surface area contributed by atoms with E-state index in [-0.39, 0.29) is 16.9 Å². The number of hydrogen-bond acceptors (Lipinski definition) is 3. The lowest BCUT2D eigenvalue weighted by molar-refractivity contribution is -0.118. The van der Waals surface area contributed by atoms with Crippen LogP contribution in [-0.2, 0) is 9.63 Å². The van der Waals surface area contributed by atoms with Gasteiger partial charge in [0.1, 0.15) is 11.3 Å². The maximum Gasteiger partial charge on any atom is 0.159 e. The highest BCUT2D eigenvalue weighted by atomic mass is 35.5. The zero-order valence-electron chi connectivity index (χ0n) is 14.5. The van der Waals surface area contributed by atoms with Gasteiger partial charge in [0.15, 0.2) is 5.78 Å². The van der Waals surface area contributed by atoms with Gasteiger partial charge in [-0.05, 0) is 55.9 Å². The van der Waals surface area contributed by atoms with Crippen molar-refractivity contribution in [2.24, 2.45) is 16.0 Å². The molecule has 0 amide bonds. The molecule has 0 saturated heterocycles. The number of allylic oxidation sites excluding steroid dienone is 2. The minimum atomic E-state index is -0.0137. The van der Waals surface area contributed by atoms with Gasteiger partial charge >= 0.3 is 0 Å². The van der Waals surface area contributed by atoms with Crippen LogP contribution in [0.15, 0.2) is 16.3 Å². The molecule has 3 atom stereocenters. The number of carbonyl (C=O) groups excluding carboxylic acids is 1. The first-order valence-electron chi connectivity index (χ1n) is 8.28. The van der Waals surface area contributed by atoms with Crippen molar-refractivity contribution in [2.45, 2.75) is 79.2 Å². The number of halogens is 1. The van der Waals surface area contributed by atoms with Crippen LogP contribution in [0, 0.1) is 10.8 Å². The van der Waals surface area contributed by atoms with E-state index in [0.29, 0.717) is 23.8 Å². The monoisotopic (exact) mass is 325 g/mol. The Hall–Kier alpha value is -0.830. The van der Waals surface area contributed by atoms with Crippen LogP contribution in [0.3, 0.4) is 0 Å². The number of hydrogen-bond donors (Lipinski definition) is 0. The Kier molecular flexibility index (Phi) is 5.06. The Labute approximate surface area is 139 Å². The third-order valence-electron chi connectivity index (χ3n) is 5.82. The van der Waals surface area contributed by atoms with Gasteiger partial charge in [-0.1, -0.05) is 43.1 Å². The molecule has 0 aromatic carbocycles. The molecule has 3 nitrogen and oxygen atoms in total. The predicted molar refractivity (Wildman–Crippen MR) is 91.1 cm³/mol. The molecular formula is C18H28ClNO2. The Bertz CT molecular complexity index is 521. The number of fused-ring (bicyclic) bond motifs is 1. The molecule has 0 aromatic heterocycles. The molecule has 2 rings (SSSR count). The van der Waals surface area contributed by atoms with Gasteiger partial charge < -0.3 is 4.84 Å². The Balaban J connectivity index is 2.19. The summed E-state index contributed by atoms with van der Waals surface area (Å²) in [5.74, 6) is 0.321. The van der Waals surface area contributed by atoms with Gasteiger partial charge in [0.25, 0.3) is 0 Å². The lowest BCUT2D eigenvalue weighted by atomic mass is 9.65. The number of oxime groups is 1. The van der Waals surface area contributed by atoms with Gasteiger partial charge in [-0.3, -0.25) is 4.79 Å². The van der Waals surface area contributed by atoms with E-state index in [1.807, 2.05) is 20.8 Å². The summed E-state index contributed by atoms with van der Waals surface area (Å²) in [5, 5.41) is 4.52. The van der Waals surface area contributed by atoms with Crippen molar-refractivity contribution >= 4 is 22.6 Å². The lowest BCUT2D eigenvalue weighted by Gasteiger charge is -2.38. The van der Waals surface area contributed by atoms with Gasteiger partial charge in [-0.2, -0.15) is 0 Å². The fourth-order valence-corrected chi connectivity index (χ4v) is 4.10. The van der Waals surface area contributed by atoms with Crippen molar-refractivity contribution < 1.29 is 9.63 Å². The smallest absolute Gasteiger partial charge is 0.159 e. The number of nitrogens with zero attached hydrogens (tertiary/aromatic N) is 1. The fourth-order valence-electron chi connectivity index (χ4n) is 4.06. The summed E-state index contributed by atoms with van der Waals surface area (Å²) in [6.45, 7) is 10.6. The van der Waals surface area contributed by atoms with Crippen LogP contribution in [0.4, 0.5) is 0 Å². The Morgan fingerprint density at radius 2 is 1.95 bits per heavy atom. The van der Waals surface area contributed by atoms with Gasteiger partial charge in [0.05, 0.1) is 0 Å². The molecule has 0 aliphatic heterocycles. The molecule has 2 aliphatic carbocycles. The van der Waals surface area contributed by atoms with Crippen molar-refractivity contribution in [2.75, 3.05) is 0 Å². The molecule has 0 spiro atoms. The SMILES string of the molecule is CC/C(Cl)=N/O[C@H]1C[C@]2(C)CC(=O)C(=C(C)C)CC[C@]2(C)C1. The highest BCUT2D eigenvalue weighted by molar-refractivity contribution is 6.65. The maximum absolute atomic E-state index is 12.6. The molecule has 22 heavy (non-hydrogen) atoms. The largest absolute Gasteiger partial charge is 0.392 e. The molecule has 0 N–H and O–H groups in total. The highest BCUT2D eigenvalue weighted by Crippen LogP contribution is 2.60. The maximum atomic E-state index is 12.6. The summed E-state index contributed by atoms with van der Waals surface area (Å²) >= 11 is 5.93. The van der Waals surface area contributed by atoms with Crippen molar-refractivity contribution in [3.05, 3.63) is 11.1 Å². The van der Waals surface area contributed by atoms with Crippen LogP contribution in [-0.4, -0.2) is 17.1 Å². The molecule has 0 aromatic rings. The quantitative estimate of drug-likeness (QED) is 0.405. The number of ketones is 1. The third kappa shape index (κ3) is 3.24. The topological polar surface area (TPSA) is 38.7 Å². The first-order chi connectivity index (χ1) is 10.2. The van der Waals surface area contributed by atoms with E-state index < -0.39 is 0 Å². The second-order valence-electron chi connectivity index (χ2n) is 7.66. The molecule has 0 heterocycles. The van der Waals surface area contributed by atoms with E-state index >= 15 is 0 Å². The predicted octanol–water partition coefficient (Wildman–Crippen LogP) is 5.23. The second kappa shape index (κ2) is 6.35. The van der Waals surface area contributed by atoms with E-state index in [1.165, 1.54) is 5.57 Å². The van der Waals surface area contributed by atoms with Gasteiger partial charge in [-0.15, -0.1) is 0 Å². The summed E-state index contributed by atoms with van der Waals surface area (Å²) in [7, 11) is 0. The molecule has 4 heteroatoms. The molecule has 0 bridgehead atoms. The summed E-state index contributed by atoms with van der Waals surface area (Å²) in [6, 6.07) is 0. The molecule has 2 aliphatic rings. The molecule has 124 valence electrons. The van der Waals surface area contributed by atoms with Crippen molar-refractivity contribution in [1.82, 2.24) is 0 Å². The standard InChI is InChI=1S/C18H28ClNO2/c1-6-16(19)20-22-13-9-17(4)8-7-14(12(2)3)15(21)11-18(17,5)10-13/h13H,6-11H2,1-5H3/b20-16-/t13-,17-,18-/m1/s1. The van der Waals surface area contributed by atoms with E-state index in [2.05, 4.69) is 19.0 Å². The van der Waals surface area contributed by atoms with Crippen LogP contribution in [0.1, 0.15) is 73.1 Å². The molecule has 2 fully saturated rings. The van der Waals surface area contributed by atoms with Crippen molar-refractivity contribution in [3.8, 4) is 0 Å². The fraction of sp³-hybridized carbons (Fsp3) is 0.778. The lowest BCUT2D eigenvalue weighted by Crippen LogP contribution is -2.32. The number of carbonyl (C=O) groups is 1. The minimum absolute atomic E-state index is 0.0137. The van der Waals surface area contributed by atoms with Crippen LogP contribution >= 0.6 is 11.6 Å². The number of Topliss-reactive ketones (excluding diaryl/α,β-unsaturated/α-hetero) is 1. The highest BCUT2D eigenvalue weighted by Gasteiger charge is 2.55. The second-order valence-corrected chi connectivity index (χ2v) is 8.09. The van der Waals surface area contributed by atoms with E-state index in [1.54, 1.807) is 0 Å². The summed E-state index contributed by atoms with van der Waals surface area (Å²) < 4.78 is 0. The van der Waals surface area contributed by atoms with Gasteiger partial charge in [0.2, 0.25) is 0 Å². The molecular weight excluding hydrogens is 298 g/mol. The average Bonchev–Trinajstić information content (AvgIpc) is 2.61. The third-order valence-corrected chi connectivity index (χ3v) is 6.16. The Morgan fingerprint density at radius 1 is 1.32 bits per heavy atom. The zero-order chi connectivity index (χ0) is 16.5. The van der Waals surface area contributed by atoms with E-state index in [4.69, 9.17) is 16.4 Å². The minimum Gasteiger partial charge on any atom is -0.392 e. The summed E-state index contributed by atoms with van der Waals surface area (Å²) in [6.07, 6.45) is 5.13. The molecule has 2 saturated carbocycles.